The topological polar surface area (TPSA) is 68.0 Å². The molecule has 3 N–H and O–H groups in total. The van der Waals surface area contributed by atoms with E-state index < -0.39 is 0 Å². The lowest BCUT2D eigenvalue weighted by Gasteiger charge is -2.05. The fourth-order valence-electron chi connectivity index (χ4n) is 1.32. The summed E-state index contributed by atoms with van der Waals surface area (Å²) in [5, 5.41) is 3.15. The number of halogens is 2. The Labute approximate surface area is 114 Å². The smallest absolute Gasteiger partial charge is 0.224 e. The Balaban J connectivity index is 2.37. The molecule has 1 amide bonds. The van der Waals surface area contributed by atoms with Crippen molar-refractivity contribution in [3.05, 3.63) is 21.9 Å². The van der Waals surface area contributed by atoms with Crippen molar-refractivity contribution in [2.75, 3.05) is 11.9 Å². The number of aromatic nitrogens is 1. The van der Waals surface area contributed by atoms with Gasteiger partial charge in [0.25, 0.3) is 0 Å². The van der Waals surface area contributed by atoms with E-state index in [0.717, 1.165) is 19.3 Å². The molecule has 0 fully saturated rings. The van der Waals surface area contributed by atoms with Gasteiger partial charge >= 0.3 is 0 Å². The van der Waals surface area contributed by atoms with Crippen molar-refractivity contribution in [2.24, 2.45) is 5.73 Å². The third-order valence-electron chi connectivity index (χ3n) is 2.19. The number of nitrogens with one attached hydrogen (secondary N) is 1. The molecular formula is C11H15BrClN3O. The standard InChI is InChI=1S/C11H15BrClN3O/c12-9-6-8(7-15-11(9)13)16-10(17)4-2-1-3-5-14/h6-7H,1-5,14H2,(H,16,17). The number of nitrogens with zero attached hydrogens (tertiary/aromatic N) is 1. The second kappa shape index (κ2) is 7.63. The molecule has 1 heterocycles. The van der Waals surface area contributed by atoms with E-state index in [1.807, 2.05) is 0 Å². The summed E-state index contributed by atoms with van der Waals surface area (Å²) in [6, 6.07) is 1.73. The summed E-state index contributed by atoms with van der Waals surface area (Å²) < 4.78 is 0.667. The maximum Gasteiger partial charge on any atom is 0.224 e. The molecular weight excluding hydrogens is 305 g/mol. The van der Waals surface area contributed by atoms with Gasteiger partial charge in [0.05, 0.1) is 16.4 Å². The summed E-state index contributed by atoms with van der Waals surface area (Å²) in [6.45, 7) is 0.676. The highest BCUT2D eigenvalue weighted by molar-refractivity contribution is 9.10. The lowest BCUT2D eigenvalue weighted by atomic mass is 10.2. The number of hydrogen-bond acceptors (Lipinski definition) is 3. The minimum absolute atomic E-state index is 0.0157. The quantitative estimate of drug-likeness (QED) is 0.625. The average Bonchev–Trinajstić information content (AvgIpc) is 2.30. The lowest BCUT2D eigenvalue weighted by molar-refractivity contribution is -0.116. The summed E-state index contributed by atoms with van der Waals surface area (Å²) >= 11 is 9.00. The van der Waals surface area contributed by atoms with Crippen LogP contribution >= 0.6 is 27.5 Å². The van der Waals surface area contributed by atoms with Crippen molar-refractivity contribution in [1.82, 2.24) is 4.98 Å². The molecule has 0 saturated carbocycles. The van der Waals surface area contributed by atoms with Gasteiger partial charge in [-0.05, 0) is 41.4 Å². The summed E-state index contributed by atoms with van der Waals surface area (Å²) in [4.78, 5) is 15.5. The minimum Gasteiger partial charge on any atom is -0.330 e. The second-order valence-electron chi connectivity index (χ2n) is 3.64. The lowest BCUT2D eigenvalue weighted by Crippen LogP contribution is -2.11. The molecule has 0 radical (unpaired) electrons. The number of rotatable bonds is 6. The number of hydrogen-bond donors (Lipinski definition) is 2. The van der Waals surface area contributed by atoms with Crippen LogP contribution in [0.3, 0.4) is 0 Å². The van der Waals surface area contributed by atoms with E-state index in [1.54, 1.807) is 6.07 Å². The molecule has 1 rings (SSSR count). The van der Waals surface area contributed by atoms with E-state index in [9.17, 15) is 4.79 Å². The Morgan fingerprint density at radius 3 is 2.88 bits per heavy atom. The number of amides is 1. The summed E-state index contributed by atoms with van der Waals surface area (Å²) in [5.74, 6) is -0.0157. The molecule has 0 aliphatic carbocycles. The molecule has 0 aliphatic heterocycles. The molecule has 0 atom stereocenters. The van der Waals surface area contributed by atoms with Crippen molar-refractivity contribution in [3.8, 4) is 0 Å². The van der Waals surface area contributed by atoms with E-state index >= 15 is 0 Å². The molecule has 94 valence electrons. The largest absolute Gasteiger partial charge is 0.330 e. The number of pyridine rings is 1. The molecule has 0 aliphatic rings. The minimum atomic E-state index is -0.0157. The van der Waals surface area contributed by atoms with Crippen LogP contribution in [0.25, 0.3) is 0 Å². The first kappa shape index (κ1) is 14.4. The molecule has 0 aromatic carbocycles. The Hall–Kier alpha value is -0.650. The van der Waals surface area contributed by atoms with E-state index in [1.165, 1.54) is 6.20 Å². The molecule has 1 aromatic heterocycles. The number of nitrogens with two attached hydrogens (primary N) is 1. The predicted molar refractivity (Wildman–Crippen MR) is 73.1 cm³/mol. The van der Waals surface area contributed by atoms with Crippen molar-refractivity contribution >= 4 is 39.1 Å². The Kier molecular flexibility index (Phi) is 6.47. The zero-order chi connectivity index (χ0) is 12.7. The first-order valence-corrected chi connectivity index (χ1v) is 6.61. The highest BCUT2D eigenvalue weighted by Gasteiger charge is 2.04. The number of anilines is 1. The van der Waals surface area contributed by atoms with Gasteiger partial charge in [0.2, 0.25) is 5.91 Å². The van der Waals surface area contributed by atoms with Crippen LogP contribution in [0.4, 0.5) is 5.69 Å². The van der Waals surface area contributed by atoms with Gasteiger partial charge in [0.15, 0.2) is 0 Å². The van der Waals surface area contributed by atoms with Crippen molar-refractivity contribution in [1.29, 1.82) is 0 Å². The van der Waals surface area contributed by atoms with Crippen molar-refractivity contribution in [3.63, 3.8) is 0 Å². The first-order valence-electron chi connectivity index (χ1n) is 5.44. The zero-order valence-corrected chi connectivity index (χ0v) is 11.7. The number of carbonyl (C=O) groups excluding carboxylic acids is 1. The van der Waals surface area contributed by atoms with Gasteiger partial charge in [0, 0.05) is 6.42 Å². The fraction of sp³-hybridized carbons (Fsp3) is 0.455. The van der Waals surface area contributed by atoms with Crippen LogP contribution in [0, 0.1) is 0 Å². The highest BCUT2D eigenvalue weighted by Crippen LogP contribution is 2.22. The van der Waals surface area contributed by atoms with Gasteiger partial charge in [-0.1, -0.05) is 18.0 Å². The van der Waals surface area contributed by atoms with Gasteiger partial charge in [0.1, 0.15) is 5.15 Å². The van der Waals surface area contributed by atoms with E-state index in [-0.39, 0.29) is 5.91 Å². The molecule has 0 unspecified atom stereocenters. The number of carbonyl (C=O) groups is 1. The second-order valence-corrected chi connectivity index (χ2v) is 4.86. The molecule has 17 heavy (non-hydrogen) atoms. The molecule has 0 spiro atoms. The maximum absolute atomic E-state index is 11.6. The van der Waals surface area contributed by atoms with Crippen LogP contribution < -0.4 is 11.1 Å². The first-order chi connectivity index (χ1) is 8.13. The zero-order valence-electron chi connectivity index (χ0n) is 9.38. The van der Waals surface area contributed by atoms with Gasteiger partial charge in [-0.25, -0.2) is 4.98 Å². The molecule has 4 nitrogen and oxygen atoms in total. The molecule has 1 aromatic rings. The summed E-state index contributed by atoms with van der Waals surface area (Å²) in [5.41, 5.74) is 6.02. The van der Waals surface area contributed by atoms with Crippen molar-refractivity contribution in [2.45, 2.75) is 25.7 Å². The maximum atomic E-state index is 11.6. The van der Waals surface area contributed by atoms with E-state index in [0.29, 0.717) is 28.3 Å². The highest BCUT2D eigenvalue weighted by atomic mass is 79.9. The SMILES string of the molecule is NCCCCCC(=O)Nc1cnc(Cl)c(Br)c1. The Morgan fingerprint density at radius 2 is 2.24 bits per heavy atom. The Morgan fingerprint density at radius 1 is 1.47 bits per heavy atom. The van der Waals surface area contributed by atoms with Gasteiger partial charge in [-0.15, -0.1) is 0 Å². The normalized spacial score (nSPS) is 10.3. The molecule has 0 bridgehead atoms. The monoisotopic (exact) mass is 319 g/mol. The molecule has 0 saturated heterocycles. The summed E-state index contributed by atoms with van der Waals surface area (Å²) in [7, 11) is 0. The van der Waals surface area contributed by atoms with Crippen LogP contribution in [0.15, 0.2) is 16.7 Å². The number of unbranched alkanes of at least 4 members (excludes halogenated alkanes) is 2. The van der Waals surface area contributed by atoms with Crippen LogP contribution in [-0.4, -0.2) is 17.4 Å². The van der Waals surface area contributed by atoms with E-state index in [4.69, 9.17) is 17.3 Å². The third kappa shape index (κ3) is 5.48. The van der Waals surface area contributed by atoms with Crippen LogP contribution in [0.1, 0.15) is 25.7 Å². The summed E-state index contributed by atoms with van der Waals surface area (Å²) in [6.07, 6.45) is 4.82. The predicted octanol–water partition coefficient (Wildman–Crippen LogP) is 2.96. The van der Waals surface area contributed by atoms with Crippen LogP contribution in [0.5, 0.6) is 0 Å². The van der Waals surface area contributed by atoms with Crippen LogP contribution in [0.2, 0.25) is 5.15 Å². The van der Waals surface area contributed by atoms with Crippen LogP contribution in [-0.2, 0) is 4.79 Å². The third-order valence-corrected chi connectivity index (χ3v) is 3.32. The average molecular weight is 321 g/mol. The Bertz CT molecular complexity index is 387. The van der Waals surface area contributed by atoms with Crippen molar-refractivity contribution < 1.29 is 4.79 Å². The van der Waals surface area contributed by atoms with Gasteiger partial charge < -0.3 is 11.1 Å². The van der Waals surface area contributed by atoms with E-state index in [2.05, 4.69) is 26.2 Å². The molecule has 6 heteroatoms. The fourth-order valence-corrected chi connectivity index (χ4v) is 1.77. The van der Waals surface area contributed by atoms with Gasteiger partial charge in [-0.2, -0.15) is 0 Å². The van der Waals surface area contributed by atoms with Gasteiger partial charge in [-0.3, -0.25) is 4.79 Å².